The number of hydrogen-bond donors (Lipinski definition) is 1. The van der Waals surface area contributed by atoms with E-state index in [0.29, 0.717) is 24.1 Å². The van der Waals surface area contributed by atoms with Gasteiger partial charge in [0.1, 0.15) is 5.82 Å². The highest BCUT2D eigenvalue weighted by atomic mass is 16.5. The molecule has 0 aromatic carbocycles. The van der Waals surface area contributed by atoms with Gasteiger partial charge in [-0.25, -0.2) is 9.97 Å². The van der Waals surface area contributed by atoms with Gasteiger partial charge in [-0.3, -0.25) is 0 Å². The van der Waals surface area contributed by atoms with Crippen LogP contribution in [0.1, 0.15) is 11.7 Å². The van der Waals surface area contributed by atoms with E-state index in [0.717, 1.165) is 11.3 Å². The van der Waals surface area contributed by atoms with Crippen LogP contribution in [0.15, 0.2) is 35.4 Å². The molecule has 3 aromatic heterocycles. The molecule has 0 fully saturated rings. The quantitative estimate of drug-likeness (QED) is 0.758. The van der Waals surface area contributed by atoms with Crippen molar-refractivity contribution in [3.63, 3.8) is 0 Å². The third-order valence-electron chi connectivity index (χ3n) is 2.68. The van der Waals surface area contributed by atoms with Crippen LogP contribution in [0.4, 0.5) is 5.82 Å². The minimum atomic E-state index is 0.489. The van der Waals surface area contributed by atoms with Gasteiger partial charge in [0.15, 0.2) is 5.82 Å². The van der Waals surface area contributed by atoms with Crippen LogP contribution in [-0.2, 0) is 6.54 Å². The molecule has 0 radical (unpaired) electrons. The number of anilines is 1. The average molecular weight is 256 g/mol. The Balaban J connectivity index is 1.92. The zero-order chi connectivity index (χ0) is 13.2. The van der Waals surface area contributed by atoms with Crippen molar-refractivity contribution >= 4 is 5.82 Å². The summed E-state index contributed by atoms with van der Waals surface area (Å²) in [6.45, 7) is 2.26. The van der Waals surface area contributed by atoms with Gasteiger partial charge in [-0.15, -0.1) is 0 Å². The standard InChI is InChI=1S/C12H12N6O/c1-8-16-12(17-19-8)6-18-7-14-5-10(18)9-2-3-11(13)15-4-9/h2-5,7H,6H2,1H3,(H2,13,15). The van der Waals surface area contributed by atoms with Crippen LogP contribution < -0.4 is 5.73 Å². The maximum Gasteiger partial charge on any atom is 0.223 e. The summed E-state index contributed by atoms with van der Waals surface area (Å²) in [5.41, 5.74) is 7.44. The Kier molecular flexibility index (Phi) is 2.71. The van der Waals surface area contributed by atoms with Gasteiger partial charge in [-0.1, -0.05) is 5.16 Å². The molecule has 0 aliphatic heterocycles. The normalized spacial score (nSPS) is 10.8. The van der Waals surface area contributed by atoms with Crippen molar-refractivity contribution in [2.45, 2.75) is 13.5 Å². The van der Waals surface area contributed by atoms with E-state index in [1.807, 2.05) is 10.6 Å². The Bertz CT molecular complexity index is 684. The van der Waals surface area contributed by atoms with Gasteiger partial charge < -0.3 is 14.8 Å². The maximum absolute atomic E-state index is 5.58. The molecule has 3 heterocycles. The summed E-state index contributed by atoms with van der Waals surface area (Å²) < 4.78 is 6.88. The highest BCUT2D eigenvalue weighted by Crippen LogP contribution is 2.19. The van der Waals surface area contributed by atoms with Crippen molar-refractivity contribution in [1.82, 2.24) is 24.7 Å². The Morgan fingerprint density at radius 1 is 1.32 bits per heavy atom. The molecule has 2 N–H and O–H groups in total. The van der Waals surface area contributed by atoms with Crippen LogP contribution in [0, 0.1) is 6.92 Å². The molecule has 0 bridgehead atoms. The fourth-order valence-corrected chi connectivity index (χ4v) is 1.80. The molecule has 0 saturated heterocycles. The SMILES string of the molecule is Cc1nc(Cn2cncc2-c2ccc(N)nc2)no1. The first-order chi connectivity index (χ1) is 9.22. The fourth-order valence-electron chi connectivity index (χ4n) is 1.80. The van der Waals surface area contributed by atoms with E-state index in [2.05, 4.69) is 20.1 Å². The Morgan fingerprint density at radius 3 is 2.89 bits per heavy atom. The molecule has 0 atom stereocenters. The van der Waals surface area contributed by atoms with Gasteiger partial charge in [-0.2, -0.15) is 4.98 Å². The highest BCUT2D eigenvalue weighted by molar-refractivity contribution is 5.59. The second-order valence-electron chi connectivity index (χ2n) is 4.11. The van der Waals surface area contributed by atoms with Crippen LogP contribution in [0.2, 0.25) is 0 Å². The Morgan fingerprint density at radius 2 is 2.21 bits per heavy atom. The Hall–Kier alpha value is -2.70. The smallest absolute Gasteiger partial charge is 0.223 e. The third kappa shape index (κ3) is 2.30. The third-order valence-corrected chi connectivity index (χ3v) is 2.68. The van der Waals surface area contributed by atoms with E-state index in [9.17, 15) is 0 Å². The number of pyridine rings is 1. The summed E-state index contributed by atoms with van der Waals surface area (Å²) in [4.78, 5) is 12.4. The Labute approximate surface area is 109 Å². The number of nitrogen functional groups attached to an aromatic ring is 1. The maximum atomic E-state index is 5.58. The van der Waals surface area contributed by atoms with Crippen LogP contribution in [0.5, 0.6) is 0 Å². The average Bonchev–Trinajstić information content (AvgIpc) is 3.00. The first kappa shape index (κ1) is 11.4. The minimum Gasteiger partial charge on any atom is -0.384 e. The van der Waals surface area contributed by atoms with Gasteiger partial charge in [-0.05, 0) is 12.1 Å². The molecule has 3 aromatic rings. The molecule has 96 valence electrons. The zero-order valence-corrected chi connectivity index (χ0v) is 10.3. The minimum absolute atomic E-state index is 0.489. The van der Waals surface area contributed by atoms with Gasteiger partial charge in [0.05, 0.1) is 24.8 Å². The predicted molar refractivity (Wildman–Crippen MR) is 68.0 cm³/mol. The number of aryl methyl sites for hydroxylation is 1. The van der Waals surface area contributed by atoms with Crippen LogP contribution >= 0.6 is 0 Å². The van der Waals surface area contributed by atoms with Gasteiger partial charge >= 0.3 is 0 Å². The van der Waals surface area contributed by atoms with E-state index < -0.39 is 0 Å². The van der Waals surface area contributed by atoms with E-state index in [1.165, 1.54) is 0 Å². The summed E-state index contributed by atoms with van der Waals surface area (Å²) in [5, 5.41) is 3.87. The molecule has 0 aliphatic carbocycles. The first-order valence-corrected chi connectivity index (χ1v) is 5.73. The van der Waals surface area contributed by atoms with E-state index in [1.54, 1.807) is 31.7 Å². The van der Waals surface area contributed by atoms with Crippen molar-refractivity contribution in [2.75, 3.05) is 5.73 Å². The van der Waals surface area contributed by atoms with Crippen LogP contribution in [-0.4, -0.2) is 24.7 Å². The highest BCUT2D eigenvalue weighted by Gasteiger charge is 2.09. The first-order valence-electron chi connectivity index (χ1n) is 5.73. The molecular formula is C12H12N6O. The van der Waals surface area contributed by atoms with E-state index in [4.69, 9.17) is 10.3 Å². The van der Waals surface area contributed by atoms with Gasteiger partial charge in [0.2, 0.25) is 5.89 Å². The molecule has 0 saturated carbocycles. The van der Waals surface area contributed by atoms with E-state index in [-0.39, 0.29) is 0 Å². The second-order valence-corrected chi connectivity index (χ2v) is 4.11. The molecule has 3 rings (SSSR count). The number of rotatable bonds is 3. The van der Waals surface area contributed by atoms with E-state index >= 15 is 0 Å². The van der Waals surface area contributed by atoms with Crippen molar-refractivity contribution in [3.05, 3.63) is 42.6 Å². The van der Waals surface area contributed by atoms with Crippen molar-refractivity contribution in [1.29, 1.82) is 0 Å². The largest absolute Gasteiger partial charge is 0.384 e. The topological polar surface area (TPSA) is 95.7 Å². The number of nitrogens with two attached hydrogens (primary N) is 1. The predicted octanol–water partition coefficient (Wildman–Crippen LogP) is 1.27. The number of imidazole rings is 1. The lowest BCUT2D eigenvalue weighted by atomic mass is 10.2. The molecule has 7 nitrogen and oxygen atoms in total. The summed E-state index contributed by atoms with van der Waals surface area (Å²) in [7, 11) is 0. The van der Waals surface area contributed by atoms with Gasteiger partial charge in [0.25, 0.3) is 0 Å². The molecule has 0 amide bonds. The molecule has 7 heteroatoms. The van der Waals surface area contributed by atoms with Crippen molar-refractivity contribution in [3.8, 4) is 11.3 Å². The molecule has 19 heavy (non-hydrogen) atoms. The lowest BCUT2D eigenvalue weighted by molar-refractivity contribution is 0.386. The van der Waals surface area contributed by atoms with Gasteiger partial charge in [0, 0.05) is 18.7 Å². The molecule has 0 spiro atoms. The second kappa shape index (κ2) is 4.52. The summed E-state index contributed by atoms with van der Waals surface area (Å²) in [5.74, 6) is 1.65. The molecular weight excluding hydrogens is 244 g/mol. The molecule has 0 unspecified atom stereocenters. The van der Waals surface area contributed by atoms with Crippen molar-refractivity contribution < 1.29 is 4.52 Å². The number of nitrogens with zero attached hydrogens (tertiary/aromatic N) is 5. The van der Waals surface area contributed by atoms with Crippen molar-refractivity contribution in [2.24, 2.45) is 0 Å². The summed E-state index contributed by atoms with van der Waals surface area (Å²) in [6.07, 6.45) is 5.20. The monoisotopic (exact) mass is 256 g/mol. The fraction of sp³-hybridized carbons (Fsp3) is 0.167. The number of aromatic nitrogens is 5. The van der Waals surface area contributed by atoms with Crippen LogP contribution in [0.3, 0.4) is 0 Å². The molecule has 0 aliphatic rings. The summed E-state index contributed by atoms with van der Waals surface area (Å²) in [6, 6.07) is 3.66. The van der Waals surface area contributed by atoms with Crippen LogP contribution in [0.25, 0.3) is 11.3 Å². The zero-order valence-electron chi connectivity index (χ0n) is 10.3. The lowest BCUT2D eigenvalue weighted by Gasteiger charge is -2.05. The lowest BCUT2D eigenvalue weighted by Crippen LogP contribution is -2.02. The summed E-state index contributed by atoms with van der Waals surface area (Å²) >= 11 is 0. The number of hydrogen-bond acceptors (Lipinski definition) is 6.